The molecule has 0 aliphatic heterocycles. The summed E-state index contributed by atoms with van der Waals surface area (Å²) in [5.41, 5.74) is 0.980. The van der Waals surface area contributed by atoms with Crippen LogP contribution in [0.5, 0.6) is 0 Å². The van der Waals surface area contributed by atoms with E-state index in [1.807, 2.05) is 37.3 Å². The zero-order valence-corrected chi connectivity index (χ0v) is 24.5. The van der Waals surface area contributed by atoms with Gasteiger partial charge in [-0.2, -0.15) is 0 Å². The summed E-state index contributed by atoms with van der Waals surface area (Å²) >= 11 is 0. The van der Waals surface area contributed by atoms with Gasteiger partial charge in [-0.05, 0) is 54.4 Å². The highest BCUT2D eigenvalue weighted by Crippen LogP contribution is 2.25. The average molecular weight is 606 g/mol. The highest BCUT2D eigenvalue weighted by molar-refractivity contribution is 7.92. The zero-order chi connectivity index (χ0) is 30.8. The molecule has 4 rings (SSSR count). The standard InChI is InChI=1S/C33H33F2N3O4S/c1-2-21-36-33(40)31(22-25-11-5-3-6-12-25)37(23-26-13-9-10-16-30(26)35)32(39)24-38(28-19-17-27(34)18-20-28)43(41,42)29-14-7-4-8-15-29/h3-20,31H,2,21-24H2,1H3,(H,36,40)/t31-/m0/s1. The molecule has 0 aliphatic rings. The summed E-state index contributed by atoms with van der Waals surface area (Å²) in [6, 6.07) is 26.2. The third-order valence-electron chi connectivity index (χ3n) is 6.84. The minimum absolute atomic E-state index is 0.0551. The number of halogens is 2. The molecule has 0 heterocycles. The van der Waals surface area contributed by atoms with Gasteiger partial charge in [0.15, 0.2) is 0 Å². The SMILES string of the molecule is CCCNC(=O)[C@H](Cc1ccccc1)N(Cc1ccccc1F)C(=O)CN(c1ccc(F)cc1)S(=O)(=O)c1ccccc1. The first-order valence-electron chi connectivity index (χ1n) is 13.9. The van der Waals surface area contributed by atoms with Crippen LogP contribution >= 0.6 is 0 Å². The maximum Gasteiger partial charge on any atom is 0.264 e. The molecule has 1 atom stereocenters. The Labute approximate surface area is 250 Å². The minimum Gasteiger partial charge on any atom is -0.354 e. The molecule has 0 aromatic heterocycles. The normalized spacial score (nSPS) is 11.9. The van der Waals surface area contributed by atoms with E-state index in [1.165, 1.54) is 47.4 Å². The summed E-state index contributed by atoms with van der Waals surface area (Å²) in [6.07, 6.45) is 0.761. The van der Waals surface area contributed by atoms with Crippen molar-refractivity contribution in [1.29, 1.82) is 0 Å². The van der Waals surface area contributed by atoms with E-state index >= 15 is 0 Å². The number of benzene rings is 4. The second-order valence-electron chi connectivity index (χ2n) is 9.91. The van der Waals surface area contributed by atoms with Crippen LogP contribution < -0.4 is 9.62 Å². The van der Waals surface area contributed by atoms with Gasteiger partial charge in [0.25, 0.3) is 10.0 Å². The van der Waals surface area contributed by atoms with Crippen LogP contribution in [-0.2, 0) is 32.6 Å². The van der Waals surface area contributed by atoms with E-state index in [0.29, 0.717) is 13.0 Å². The predicted octanol–water partition coefficient (Wildman–Crippen LogP) is 5.33. The molecule has 0 saturated heterocycles. The van der Waals surface area contributed by atoms with Gasteiger partial charge in [-0.25, -0.2) is 17.2 Å². The second kappa shape index (κ2) is 14.6. The molecule has 0 aliphatic carbocycles. The molecular formula is C33H33F2N3O4S. The van der Waals surface area contributed by atoms with Crippen LogP contribution in [-0.4, -0.2) is 44.3 Å². The molecule has 10 heteroatoms. The van der Waals surface area contributed by atoms with Crippen LogP contribution in [0.4, 0.5) is 14.5 Å². The molecule has 0 radical (unpaired) electrons. The molecule has 0 saturated carbocycles. The first-order chi connectivity index (χ1) is 20.7. The lowest BCUT2D eigenvalue weighted by Gasteiger charge is -2.34. The maximum atomic E-state index is 14.9. The largest absolute Gasteiger partial charge is 0.354 e. The number of carbonyl (C=O) groups is 2. The smallest absolute Gasteiger partial charge is 0.264 e. The minimum atomic E-state index is -4.31. The van der Waals surface area contributed by atoms with Crippen molar-refractivity contribution in [2.24, 2.45) is 0 Å². The Morgan fingerprint density at radius 1 is 0.814 bits per heavy atom. The third kappa shape index (κ3) is 8.04. The van der Waals surface area contributed by atoms with E-state index < -0.39 is 46.1 Å². The fraction of sp³-hybridized carbons (Fsp3) is 0.212. The van der Waals surface area contributed by atoms with Crippen LogP contribution in [0.25, 0.3) is 0 Å². The molecule has 1 N–H and O–H groups in total. The highest BCUT2D eigenvalue weighted by Gasteiger charge is 2.34. The van der Waals surface area contributed by atoms with Crippen LogP contribution in [0.3, 0.4) is 0 Å². The Morgan fingerprint density at radius 2 is 1.42 bits per heavy atom. The molecule has 43 heavy (non-hydrogen) atoms. The molecule has 2 amide bonds. The second-order valence-corrected chi connectivity index (χ2v) is 11.8. The van der Waals surface area contributed by atoms with Gasteiger partial charge in [-0.15, -0.1) is 0 Å². The monoisotopic (exact) mass is 605 g/mol. The lowest BCUT2D eigenvalue weighted by Crippen LogP contribution is -2.53. The number of hydrogen-bond donors (Lipinski definition) is 1. The first-order valence-corrected chi connectivity index (χ1v) is 15.3. The van der Waals surface area contributed by atoms with E-state index in [2.05, 4.69) is 5.32 Å². The fourth-order valence-electron chi connectivity index (χ4n) is 4.59. The number of hydrogen-bond acceptors (Lipinski definition) is 4. The molecule has 0 fully saturated rings. The lowest BCUT2D eigenvalue weighted by molar-refractivity contribution is -0.140. The Kier molecular flexibility index (Phi) is 10.6. The summed E-state index contributed by atoms with van der Waals surface area (Å²) < 4.78 is 57.3. The lowest BCUT2D eigenvalue weighted by atomic mass is 10.0. The topological polar surface area (TPSA) is 86.8 Å². The zero-order valence-electron chi connectivity index (χ0n) is 23.7. The van der Waals surface area contributed by atoms with Crippen LogP contribution in [0.15, 0.2) is 114 Å². The molecule has 4 aromatic carbocycles. The summed E-state index contributed by atoms with van der Waals surface area (Å²) in [7, 11) is -4.31. The van der Waals surface area contributed by atoms with Crippen molar-refractivity contribution in [3.8, 4) is 0 Å². The Bertz CT molecular complexity index is 1620. The number of nitrogens with zero attached hydrogens (tertiary/aromatic N) is 2. The number of anilines is 1. The van der Waals surface area contributed by atoms with E-state index in [-0.39, 0.29) is 29.1 Å². The number of carbonyl (C=O) groups excluding carboxylic acids is 2. The molecule has 0 unspecified atom stereocenters. The van der Waals surface area contributed by atoms with E-state index in [4.69, 9.17) is 0 Å². The van der Waals surface area contributed by atoms with Crippen molar-refractivity contribution in [3.05, 3.63) is 132 Å². The van der Waals surface area contributed by atoms with Gasteiger partial charge in [0.2, 0.25) is 11.8 Å². The first kappa shape index (κ1) is 31.4. The van der Waals surface area contributed by atoms with Crippen LogP contribution in [0.1, 0.15) is 24.5 Å². The molecule has 7 nitrogen and oxygen atoms in total. The maximum absolute atomic E-state index is 14.9. The number of amides is 2. The summed E-state index contributed by atoms with van der Waals surface area (Å²) in [5.74, 6) is -2.34. The van der Waals surface area contributed by atoms with Gasteiger partial charge >= 0.3 is 0 Å². The van der Waals surface area contributed by atoms with Gasteiger partial charge in [-0.3, -0.25) is 13.9 Å². The van der Waals surface area contributed by atoms with Crippen molar-refractivity contribution < 1.29 is 26.8 Å². The number of sulfonamides is 1. The van der Waals surface area contributed by atoms with Crippen molar-refractivity contribution in [3.63, 3.8) is 0 Å². The van der Waals surface area contributed by atoms with Gasteiger partial charge in [0.1, 0.15) is 24.2 Å². The molecule has 224 valence electrons. The summed E-state index contributed by atoms with van der Waals surface area (Å²) in [6.45, 7) is 1.24. The molecule has 4 aromatic rings. The number of rotatable bonds is 13. The van der Waals surface area contributed by atoms with Crippen molar-refractivity contribution >= 4 is 27.5 Å². The van der Waals surface area contributed by atoms with Crippen LogP contribution in [0.2, 0.25) is 0 Å². The Balaban J connectivity index is 1.79. The van der Waals surface area contributed by atoms with E-state index in [9.17, 15) is 26.8 Å². The molecule has 0 spiro atoms. The quantitative estimate of drug-likeness (QED) is 0.223. The molecular weight excluding hydrogens is 572 g/mol. The summed E-state index contributed by atoms with van der Waals surface area (Å²) in [5, 5.41) is 2.84. The highest BCUT2D eigenvalue weighted by atomic mass is 32.2. The Morgan fingerprint density at radius 3 is 2.05 bits per heavy atom. The van der Waals surface area contributed by atoms with Crippen molar-refractivity contribution in [2.45, 2.75) is 37.2 Å². The van der Waals surface area contributed by atoms with Gasteiger partial charge < -0.3 is 10.2 Å². The third-order valence-corrected chi connectivity index (χ3v) is 8.63. The van der Waals surface area contributed by atoms with Crippen molar-refractivity contribution in [1.82, 2.24) is 10.2 Å². The van der Waals surface area contributed by atoms with Gasteiger partial charge in [0, 0.05) is 25.1 Å². The number of nitrogens with one attached hydrogen (secondary N) is 1. The summed E-state index contributed by atoms with van der Waals surface area (Å²) in [4.78, 5) is 28.9. The predicted molar refractivity (Wildman–Crippen MR) is 162 cm³/mol. The fourth-order valence-corrected chi connectivity index (χ4v) is 6.02. The van der Waals surface area contributed by atoms with Gasteiger partial charge in [-0.1, -0.05) is 73.7 Å². The van der Waals surface area contributed by atoms with E-state index in [0.717, 1.165) is 22.0 Å². The molecule has 0 bridgehead atoms. The van der Waals surface area contributed by atoms with Crippen molar-refractivity contribution in [2.75, 3.05) is 17.4 Å². The van der Waals surface area contributed by atoms with E-state index in [1.54, 1.807) is 24.3 Å². The Hall–Kier alpha value is -4.57. The average Bonchev–Trinajstić information content (AvgIpc) is 3.02. The van der Waals surface area contributed by atoms with Crippen LogP contribution in [0, 0.1) is 11.6 Å². The van der Waals surface area contributed by atoms with Gasteiger partial charge in [0.05, 0.1) is 10.6 Å².